The van der Waals surface area contributed by atoms with Gasteiger partial charge in [-0.1, -0.05) is 36.4 Å². The maximum atomic E-state index is 11.5. The topological polar surface area (TPSA) is 42.9 Å². The van der Waals surface area contributed by atoms with E-state index in [1.807, 2.05) is 0 Å². The van der Waals surface area contributed by atoms with Crippen molar-refractivity contribution in [3.8, 4) is 16.9 Å². The molecule has 5 rings (SSSR count). The lowest BCUT2D eigenvalue weighted by Crippen LogP contribution is -2.77. The van der Waals surface area contributed by atoms with Crippen LogP contribution in [0.5, 0.6) is 5.75 Å². The Bertz CT molecular complexity index is 1160. The highest BCUT2D eigenvalue weighted by atomic mass is 32.2. The maximum Gasteiger partial charge on any atom is 0.348 e. The number of ether oxygens (including phenoxy) is 1. The molecule has 1 amide bonds. The van der Waals surface area contributed by atoms with E-state index in [1.54, 1.807) is 10.8 Å². The summed E-state index contributed by atoms with van der Waals surface area (Å²) < 4.78 is 8.06. The normalized spacial score (nSPS) is 18.0. The highest BCUT2D eigenvalue weighted by molar-refractivity contribution is 8.02. The Hall–Kier alpha value is -2.82. The summed E-state index contributed by atoms with van der Waals surface area (Å²) in [5.41, 5.74) is 8.69. The van der Waals surface area contributed by atoms with E-state index >= 15 is 0 Å². The third-order valence-electron chi connectivity index (χ3n) is 5.89. The summed E-state index contributed by atoms with van der Waals surface area (Å²) in [6, 6.07) is 21.5. The summed E-state index contributed by atoms with van der Waals surface area (Å²) in [7, 11) is 0. The van der Waals surface area contributed by atoms with Crippen molar-refractivity contribution >= 4 is 22.8 Å². The van der Waals surface area contributed by atoms with E-state index in [9.17, 15) is 4.79 Å². The summed E-state index contributed by atoms with van der Waals surface area (Å²) in [6.07, 6.45) is 3.68. The number of amides is 1. The summed E-state index contributed by atoms with van der Waals surface area (Å²) in [5, 5.41) is 0. The number of nitrogens with two attached hydrogens (primary N) is 1. The number of carbonyl (C=O) groups is 1. The van der Waals surface area contributed by atoms with Gasteiger partial charge in [0.1, 0.15) is 23.8 Å². The molecule has 150 valence electrons. The molecule has 3 aromatic rings. The number of quaternary nitrogens is 1. The van der Waals surface area contributed by atoms with Crippen molar-refractivity contribution in [2.75, 3.05) is 0 Å². The van der Waals surface area contributed by atoms with Crippen molar-refractivity contribution < 1.29 is 14.3 Å². The first-order chi connectivity index (χ1) is 14.6. The molecule has 3 aromatic carbocycles. The molecule has 0 aliphatic carbocycles. The lowest BCUT2D eigenvalue weighted by atomic mass is 9.91. The van der Waals surface area contributed by atoms with E-state index in [1.165, 1.54) is 45.3 Å². The molecule has 0 saturated heterocycles. The molecule has 2 heterocycles. The molecule has 2 aliphatic heterocycles. The average Bonchev–Trinajstić information content (AvgIpc) is 3.19. The van der Waals surface area contributed by atoms with Crippen molar-refractivity contribution in [3.05, 3.63) is 94.6 Å². The molecule has 0 fully saturated rings. The Balaban J connectivity index is 1.42. The molecule has 0 aromatic heterocycles. The van der Waals surface area contributed by atoms with Crippen LogP contribution < -0.4 is 9.46 Å². The Kier molecular flexibility index (Phi) is 4.97. The lowest BCUT2D eigenvalue weighted by molar-refractivity contribution is -0.386. The van der Waals surface area contributed by atoms with Crippen LogP contribution in [0.15, 0.2) is 66.7 Å². The Labute approximate surface area is 181 Å². The zero-order valence-corrected chi connectivity index (χ0v) is 18.0. The van der Waals surface area contributed by atoms with Crippen molar-refractivity contribution in [1.29, 1.82) is 0 Å². The summed E-state index contributed by atoms with van der Waals surface area (Å²) >= 11 is 1.50. The van der Waals surface area contributed by atoms with Gasteiger partial charge in [-0.25, -0.2) is 9.52 Å². The molecule has 3 nitrogen and oxygen atoms in total. The standard InChI is InChI=1S/C26H23NO2S/c1-16-5-3-6-17(2)26(16)21-8-4-7-18(14-21)22-11-9-19-13-20(10-12-23(19)29-22)24-15-25(28)27-30-24/h3-8,10,12-15,22H,9,11H2,1-2H3,(H,27,28)/p+1. The minimum atomic E-state index is 0.0580. The second-order valence-electron chi connectivity index (χ2n) is 8.01. The van der Waals surface area contributed by atoms with Crippen molar-refractivity contribution in [2.24, 2.45) is 0 Å². The predicted octanol–water partition coefficient (Wildman–Crippen LogP) is 5.13. The molecule has 1 atom stereocenters. The highest BCUT2D eigenvalue weighted by Crippen LogP contribution is 2.38. The van der Waals surface area contributed by atoms with Gasteiger partial charge in [0.25, 0.3) is 0 Å². The quantitative estimate of drug-likeness (QED) is 0.604. The van der Waals surface area contributed by atoms with Gasteiger partial charge in [0.15, 0.2) is 0 Å². The van der Waals surface area contributed by atoms with Crippen molar-refractivity contribution in [2.45, 2.75) is 32.8 Å². The Morgan fingerprint density at radius 1 is 0.967 bits per heavy atom. The Morgan fingerprint density at radius 3 is 2.53 bits per heavy atom. The second kappa shape index (κ2) is 7.78. The summed E-state index contributed by atoms with van der Waals surface area (Å²) in [5.74, 6) is 1.03. The summed E-state index contributed by atoms with van der Waals surface area (Å²) in [6.45, 7) is 4.34. The van der Waals surface area contributed by atoms with Crippen LogP contribution >= 0.6 is 11.9 Å². The van der Waals surface area contributed by atoms with Crippen LogP contribution in [0.3, 0.4) is 0 Å². The monoisotopic (exact) mass is 414 g/mol. The smallest absolute Gasteiger partial charge is 0.348 e. The molecule has 2 aliphatic rings. The largest absolute Gasteiger partial charge is 0.485 e. The zero-order valence-electron chi connectivity index (χ0n) is 17.1. The minimum absolute atomic E-state index is 0.0580. The minimum Gasteiger partial charge on any atom is -0.485 e. The average molecular weight is 415 g/mol. The number of hydrogen-bond donors (Lipinski definition) is 1. The maximum absolute atomic E-state index is 11.5. The molecular weight excluding hydrogens is 390 g/mol. The third kappa shape index (κ3) is 3.57. The molecule has 2 N–H and O–H groups in total. The van der Waals surface area contributed by atoms with Crippen LogP contribution in [-0.2, 0) is 11.2 Å². The van der Waals surface area contributed by atoms with Gasteiger partial charge in [0.2, 0.25) is 0 Å². The van der Waals surface area contributed by atoms with E-state index in [0.29, 0.717) is 0 Å². The van der Waals surface area contributed by atoms with Crippen LogP contribution in [-0.4, -0.2) is 5.91 Å². The van der Waals surface area contributed by atoms with Crippen molar-refractivity contribution in [1.82, 2.24) is 0 Å². The van der Waals surface area contributed by atoms with Crippen molar-refractivity contribution in [3.63, 3.8) is 0 Å². The number of primary amides is 1. The first-order valence-electron chi connectivity index (χ1n) is 10.3. The fourth-order valence-corrected chi connectivity index (χ4v) is 5.17. The number of rotatable bonds is 3. The first kappa shape index (κ1) is 19.2. The van der Waals surface area contributed by atoms with Gasteiger partial charge in [0, 0.05) is 0 Å². The van der Waals surface area contributed by atoms with Crippen LogP contribution in [0, 0.1) is 13.8 Å². The molecule has 0 radical (unpaired) electrons. The van der Waals surface area contributed by atoms with E-state index in [-0.39, 0.29) is 12.0 Å². The van der Waals surface area contributed by atoms with Gasteiger partial charge in [-0.05, 0) is 89.9 Å². The molecule has 1 unspecified atom stereocenters. The van der Waals surface area contributed by atoms with Gasteiger partial charge in [-0.15, -0.1) is 0 Å². The Morgan fingerprint density at radius 2 is 1.77 bits per heavy atom. The predicted molar refractivity (Wildman–Crippen MR) is 122 cm³/mol. The van der Waals surface area contributed by atoms with E-state index in [0.717, 1.165) is 29.1 Å². The molecule has 0 spiro atoms. The molecule has 4 heteroatoms. The highest BCUT2D eigenvalue weighted by Gasteiger charge is 2.25. The van der Waals surface area contributed by atoms with Crippen LogP contribution in [0.2, 0.25) is 0 Å². The van der Waals surface area contributed by atoms with Crippen LogP contribution in [0.1, 0.15) is 40.3 Å². The number of carbonyl (C=O) groups excluding carboxylic acids is 1. The van der Waals surface area contributed by atoms with Crippen LogP contribution in [0.4, 0.5) is 0 Å². The number of benzene rings is 3. The molecule has 0 bridgehead atoms. The summed E-state index contributed by atoms with van der Waals surface area (Å²) in [4.78, 5) is 12.5. The van der Waals surface area contributed by atoms with E-state index in [4.69, 9.17) is 4.74 Å². The fraction of sp³-hybridized carbons (Fsp3) is 0.192. The number of hydrogen-bond acceptors (Lipinski definition) is 3. The zero-order chi connectivity index (χ0) is 20.7. The SMILES string of the molecule is Cc1cccc(C)c1-c1cccc(C2CCc3cc(C4=CC(=O)[NH2+]S4)ccc3O2)c1. The van der Waals surface area contributed by atoms with Crippen LogP contribution in [0.25, 0.3) is 16.0 Å². The fourth-order valence-electron chi connectivity index (χ4n) is 4.41. The van der Waals surface area contributed by atoms with Gasteiger partial charge in [0.05, 0.1) is 11.0 Å². The van der Waals surface area contributed by atoms with Gasteiger partial charge in [-0.2, -0.15) is 0 Å². The number of aryl methyl sites for hydroxylation is 3. The lowest BCUT2D eigenvalue weighted by Gasteiger charge is -2.27. The van der Waals surface area contributed by atoms with E-state index < -0.39 is 0 Å². The third-order valence-corrected chi connectivity index (χ3v) is 6.85. The second-order valence-corrected chi connectivity index (χ2v) is 8.92. The van der Waals surface area contributed by atoms with Gasteiger partial charge >= 0.3 is 5.91 Å². The van der Waals surface area contributed by atoms with E-state index in [2.05, 4.69) is 74.5 Å². The van der Waals surface area contributed by atoms with Gasteiger partial charge in [-0.3, -0.25) is 0 Å². The molecule has 0 saturated carbocycles. The number of fused-ring (bicyclic) bond motifs is 1. The first-order valence-corrected chi connectivity index (χ1v) is 11.2. The molecule has 30 heavy (non-hydrogen) atoms. The molecular formula is C26H24NO2S+. The van der Waals surface area contributed by atoms with Gasteiger partial charge < -0.3 is 4.74 Å².